The quantitative estimate of drug-likeness (QED) is 0.485. The summed E-state index contributed by atoms with van der Waals surface area (Å²) < 4.78 is 12.6. The number of rotatable bonds is 6. The predicted molar refractivity (Wildman–Crippen MR) is 141 cm³/mol. The van der Waals surface area contributed by atoms with E-state index in [-0.39, 0.29) is 17.1 Å². The van der Waals surface area contributed by atoms with Gasteiger partial charge in [0.05, 0.1) is 17.7 Å². The first kappa shape index (κ1) is 25.8. The van der Waals surface area contributed by atoms with Crippen LogP contribution in [-0.4, -0.2) is 42.9 Å². The van der Waals surface area contributed by atoms with Gasteiger partial charge in [-0.25, -0.2) is 0 Å². The first-order chi connectivity index (χ1) is 16.7. The van der Waals surface area contributed by atoms with E-state index in [4.69, 9.17) is 9.47 Å². The summed E-state index contributed by atoms with van der Waals surface area (Å²) in [6.07, 6.45) is 4.41. The van der Waals surface area contributed by atoms with Gasteiger partial charge in [0.1, 0.15) is 0 Å². The second-order valence-corrected chi connectivity index (χ2v) is 11.3. The molecule has 0 spiro atoms. The van der Waals surface area contributed by atoms with Crippen molar-refractivity contribution in [2.75, 3.05) is 26.3 Å². The Morgan fingerprint density at radius 3 is 2.46 bits per heavy atom. The number of dihydropyridines is 1. The SMILES string of the molecule is CCOc1cc([C@H]2C(C(=O)N3CCCCC3)=C(C)NC3=C2C(=O)CC(C)(C)C3)cc(Br)c1OCC. The maximum absolute atomic E-state index is 13.9. The second-order valence-electron chi connectivity index (χ2n) is 10.5. The van der Waals surface area contributed by atoms with E-state index in [2.05, 4.69) is 35.1 Å². The monoisotopic (exact) mass is 544 g/mol. The van der Waals surface area contributed by atoms with E-state index in [9.17, 15) is 9.59 Å². The molecule has 1 fully saturated rings. The van der Waals surface area contributed by atoms with Crippen molar-refractivity contribution in [3.05, 3.63) is 44.7 Å². The van der Waals surface area contributed by atoms with Crippen molar-refractivity contribution >= 4 is 27.6 Å². The molecular formula is C28H37BrN2O4. The molecule has 1 aromatic carbocycles. The second kappa shape index (κ2) is 10.4. The van der Waals surface area contributed by atoms with Crippen LogP contribution in [0.25, 0.3) is 0 Å². The van der Waals surface area contributed by atoms with Crippen LogP contribution in [0.2, 0.25) is 0 Å². The summed E-state index contributed by atoms with van der Waals surface area (Å²) in [5.74, 6) is 0.933. The van der Waals surface area contributed by atoms with Crippen molar-refractivity contribution < 1.29 is 19.1 Å². The highest BCUT2D eigenvalue weighted by molar-refractivity contribution is 9.10. The van der Waals surface area contributed by atoms with Crippen LogP contribution in [0.5, 0.6) is 11.5 Å². The highest BCUT2D eigenvalue weighted by atomic mass is 79.9. The van der Waals surface area contributed by atoms with Crippen molar-refractivity contribution in [1.29, 1.82) is 0 Å². The molecule has 2 heterocycles. The summed E-state index contributed by atoms with van der Waals surface area (Å²) in [5, 5.41) is 3.48. The number of halogens is 1. The van der Waals surface area contributed by atoms with Gasteiger partial charge in [0.25, 0.3) is 5.91 Å². The van der Waals surface area contributed by atoms with Crippen molar-refractivity contribution in [3.8, 4) is 11.5 Å². The zero-order valence-corrected chi connectivity index (χ0v) is 23.1. The van der Waals surface area contributed by atoms with E-state index in [1.165, 1.54) is 0 Å². The first-order valence-electron chi connectivity index (χ1n) is 12.8. The maximum Gasteiger partial charge on any atom is 0.252 e. The van der Waals surface area contributed by atoms with E-state index in [1.54, 1.807) is 0 Å². The van der Waals surface area contributed by atoms with E-state index >= 15 is 0 Å². The largest absolute Gasteiger partial charge is 0.490 e. The molecular weight excluding hydrogens is 508 g/mol. The molecule has 1 amide bonds. The molecule has 1 atom stereocenters. The topological polar surface area (TPSA) is 67.9 Å². The minimum atomic E-state index is -0.449. The molecule has 1 aliphatic carbocycles. The van der Waals surface area contributed by atoms with Crippen molar-refractivity contribution in [2.45, 2.75) is 72.6 Å². The molecule has 1 N–H and O–H groups in total. The molecule has 6 nitrogen and oxygen atoms in total. The van der Waals surface area contributed by atoms with E-state index in [0.717, 1.165) is 60.2 Å². The summed E-state index contributed by atoms with van der Waals surface area (Å²) >= 11 is 3.67. The van der Waals surface area contributed by atoms with Crippen LogP contribution < -0.4 is 14.8 Å². The number of Topliss-reactive ketones (excluding diaryl/α,β-unsaturated/α-hetero) is 1. The van der Waals surface area contributed by atoms with Gasteiger partial charge in [-0.15, -0.1) is 0 Å². The number of hydrogen-bond acceptors (Lipinski definition) is 5. The smallest absolute Gasteiger partial charge is 0.252 e. The van der Waals surface area contributed by atoms with Crippen LogP contribution in [0.4, 0.5) is 0 Å². The van der Waals surface area contributed by atoms with Gasteiger partial charge in [0.15, 0.2) is 17.3 Å². The number of ether oxygens (including phenoxy) is 2. The van der Waals surface area contributed by atoms with Crippen LogP contribution in [0.15, 0.2) is 39.1 Å². The molecule has 1 aromatic rings. The Morgan fingerprint density at radius 1 is 1.11 bits per heavy atom. The number of nitrogens with zero attached hydrogens (tertiary/aromatic N) is 1. The molecule has 7 heteroatoms. The van der Waals surface area contributed by atoms with Gasteiger partial charge in [0.2, 0.25) is 0 Å². The molecule has 0 bridgehead atoms. The Labute approximate surface area is 217 Å². The Hall–Kier alpha value is -2.28. The molecule has 0 unspecified atom stereocenters. The van der Waals surface area contributed by atoms with Crippen molar-refractivity contribution in [3.63, 3.8) is 0 Å². The fourth-order valence-corrected chi connectivity index (χ4v) is 6.20. The highest BCUT2D eigenvalue weighted by Gasteiger charge is 2.44. The summed E-state index contributed by atoms with van der Waals surface area (Å²) in [4.78, 5) is 29.5. The van der Waals surface area contributed by atoms with Crippen LogP contribution >= 0.6 is 15.9 Å². The van der Waals surface area contributed by atoms with Gasteiger partial charge in [-0.1, -0.05) is 13.8 Å². The van der Waals surface area contributed by atoms with Crippen LogP contribution in [-0.2, 0) is 9.59 Å². The number of benzene rings is 1. The normalized spacial score (nSPS) is 22.1. The fourth-order valence-electron chi connectivity index (χ4n) is 5.62. The zero-order valence-electron chi connectivity index (χ0n) is 21.6. The summed E-state index contributed by atoms with van der Waals surface area (Å²) in [6.45, 7) is 12.6. The molecule has 35 heavy (non-hydrogen) atoms. The van der Waals surface area contributed by atoms with Crippen LogP contribution in [0, 0.1) is 5.41 Å². The van der Waals surface area contributed by atoms with Crippen molar-refractivity contribution in [2.24, 2.45) is 5.41 Å². The number of nitrogens with one attached hydrogen (secondary N) is 1. The van der Waals surface area contributed by atoms with Gasteiger partial charge in [-0.3, -0.25) is 9.59 Å². The molecule has 0 aromatic heterocycles. The number of carbonyl (C=O) groups is 2. The van der Waals surface area contributed by atoms with Gasteiger partial charge >= 0.3 is 0 Å². The average Bonchev–Trinajstić information content (AvgIpc) is 2.79. The lowest BCUT2D eigenvalue weighted by Crippen LogP contribution is -2.43. The van der Waals surface area contributed by atoms with Crippen molar-refractivity contribution in [1.82, 2.24) is 10.2 Å². The lowest BCUT2D eigenvalue weighted by atomic mass is 9.68. The molecule has 190 valence electrons. The van der Waals surface area contributed by atoms with Gasteiger partial charge in [0, 0.05) is 48.0 Å². The standard InChI is InChI=1S/C28H37BrN2O4/c1-6-34-22-14-18(13-19(29)26(22)35-7-2)24-23(27(33)31-11-9-8-10-12-31)17(3)30-20-15-28(4,5)16-21(32)25(20)24/h13-14,24,30H,6-12,15-16H2,1-5H3/t24-/m0/s1. The number of likely N-dealkylation sites (tertiary alicyclic amines) is 1. The average molecular weight is 546 g/mol. The first-order valence-corrected chi connectivity index (χ1v) is 13.6. The molecule has 0 saturated carbocycles. The minimum absolute atomic E-state index is 0.0202. The molecule has 2 aliphatic heterocycles. The molecule has 3 aliphatic rings. The number of piperidine rings is 1. The van der Waals surface area contributed by atoms with E-state index in [1.807, 2.05) is 37.8 Å². The van der Waals surface area contributed by atoms with Crippen LogP contribution in [0.3, 0.4) is 0 Å². The predicted octanol–water partition coefficient (Wildman–Crippen LogP) is 5.86. The number of ketones is 1. The molecule has 4 rings (SSSR count). The Morgan fingerprint density at radius 2 is 1.80 bits per heavy atom. The number of amides is 1. The Kier molecular flexibility index (Phi) is 7.65. The number of carbonyl (C=O) groups excluding carboxylic acids is 2. The number of allylic oxidation sites excluding steroid dienone is 3. The Balaban J connectivity index is 1.89. The lowest BCUT2D eigenvalue weighted by Gasteiger charge is -2.41. The number of hydrogen-bond donors (Lipinski definition) is 1. The third-order valence-electron chi connectivity index (χ3n) is 7.07. The highest BCUT2D eigenvalue weighted by Crippen LogP contribution is 2.49. The van der Waals surface area contributed by atoms with E-state index < -0.39 is 5.92 Å². The summed E-state index contributed by atoms with van der Waals surface area (Å²) in [5.41, 5.74) is 3.89. The minimum Gasteiger partial charge on any atom is -0.490 e. The van der Waals surface area contributed by atoms with Gasteiger partial charge in [-0.2, -0.15) is 0 Å². The summed E-state index contributed by atoms with van der Waals surface area (Å²) in [6, 6.07) is 3.93. The van der Waals surface area contributed by atoms with Crippen LogP contribution in [0.1, 0.15) is 78.2 Å². The maximum atomic E-state index is 13.9. The molecule has 0 radical (unpaired) electrons. The van der Waals surface area contributed by atoms with Gasteiger partial charge in [-0.05, 0) is 85.5 Å². The summed E-state index contributed by atoms with van der Waals surface area (Å²) in [7, 11) is 0. The molecule has 1 saturated heterocycles. The lowest BCUT2D eigenvalue weighted by molar-refractivity contribution is -0.128. The van der Waals surface area contributed by atoms with Gasteiger partial charge < -0.3 is 19.7 Å². The Bertz CT molecular complexity index is 1080. The zero-order chi connectivity index (χ0) is 25.3. The third kappa shape index (κ3) is 5.16. The van der Waals surface area contributed by atoms with E-state index in [0.29, 0.717) is 42.3 Å². The third-order valence-corrected chi connectivity index (χ3v) is 7.66. The fraction of sp³-hybridized carbons (Fsp3) is 0.571.